The molecule has 0 saturated heterocycles. The van der Waals surface area contributed by atoms with Crippen LogP contribution in [0.25, 0.3) is 0 Å². The normalized spacial score (nSPS) is 10.8. The summed E-state index contributed by atoms with van der Waals surface area (Å²) in [5.41, 5.74) is 6.70. The van der Waals surface area contributed by atoms with Crippen molar-refractivity contribution in [2.45, 2.75) is 18.7 Å². The predicted molar refractivity (Wildman–Crippen MR) is 51.0 cm³/mol. The molecule has 72 valence electrons. The van der Waals surface area contributed by atoms with Crippen LogP contribution in [0.2, 0.25) is 0 Å². The first-order chi connectivity index (χ1) is 6.06. The number of halogens is 3. The monoisotopic (exact) mass is 250 g/mol. The van der Waals surface area contributed by atoms with Gasteiger partial charge in [-0.25, -0.2) is 13.8 Å². The number of rotatable bonds is 2. The zero-order valence-corrected chi connectivity index (χ0v) is 8.61. The summed E-state index contributed by atoms with van der Waals surface area (Å²) in [4.78, 5) is 3.77. The van der Waals surface area contributed by atoms with E-state index in [2.05, 4.69) is 20.9 Å². The zero-order valence-electron chi connectivity index (χ0n) is 7.02. The number of nitrogen functional groups attached to an aromatic ring is 1. The molecule has 0 amide bonds. The summed E-state index contributed by atoms with van der Waals surface area (Å²) in [7, 11) is 0. The van der Waals surface area contributed by atoms with E-state index in [1.807, 2.05) is 0 Å². The molecule has 1 rings (SSSR count). The SMILES string of the molecule is Cc1cc(N)c(CBr)nc1C(F)F. The van der Waals surface area contributed by atoms with Gasteiger partial charge in [-0.1, -0.05) is 15.9 Å². The minimum Gasteiger partial charge on any atom is -0.397 e. The fraction of sp³-hybridized carbons (Fsp3) is 0.375. The maximum atomic E-state index is 12.4. The predicted octanol–water partition coefficient (Wildman–Crippen LogP) is 2.80. The Morgan fingerprint density at radius 3 is 2.69 bits per heavy atom. The lowest BCUT2D eigenvalue weighted by Crippen LogP contribution is -2.02. The summed E-state index contributed by atoms with van der Waals surface area (Å²) in [6, 6.07) is 1.52. The van der Waals surface area contributed by atoms with Crippen LogP contribution in [0.5, 0.6) is 0 Å². The maximum absolute atomic E-state index is 12.4. The van der Waals surface area contributed by atoms with Crippen molar-refractivity contribution < 1.29 is 8.78 Å². The molecule has 5 heteroatoms. The molecule has 0 aliphatic heterocycles. The van der Waals surface area contributed by atoms with Gasteiger partial charge < -0.3 is 5.73 Å². The van der Waals surface area contributed by atoms with Crippen molar-refractivity contribution in [2.75, 3.05) is 5.73 Å². The quantitative estimate of drug-likeness (QED) is 0.821. The molecule has 2 N–H and O–H groups in total. The highest BCUT2D eigenvalue weighted by atomic mass is 79.9. The van der Waals surface area contributed by atoms with Crippen molar-refractivity contribution in [3.63, 3.8) is 0 Å². The first kappa shape index (κ1) is 10.4. The van der Waals surface area contributed by atoms with Gasteiger partial charge in [0.15, 0.2) is 0 Å². The van der Waals surface area contributed by atoms with Crippen LogP contribution in [0, 0.1) is 6.92 Å². The van der Waals surface area contributed by atoms with E-state index in [0.717, 1.165) is 0 Å². The van der Waals surface area contributed by atoms with Crippen molar-refractivity contribution in [3.8, 4) is 0 Å². The van der Waals surface area contributed by atoms with E-state index >= 15 is 0 Å². The minimum atomic E-state index is -2.54. The largest absolute Gasteiger partial charge is 0.397 e. The second-order valence-corrected chi connectivity index (χ2v) is 3.22. The van der Waals surface area contributed by atoms with Crippen molar-refractivity contribution in [2.24, 2.45) is 0 Å². The fourth-order valence-electron chi connectivity index (χ4n) is 1.02. The van der Waals surface area contributed by atoms with E-state index in [-0.39, 0.29) is 5.69 Å². The van der Waals surface area contributed by atoms with Gasteiger partial charge in [-0.2, -0.15) is 0 Å². The van der Waals surface area contributed by atoms with Crippen LogP contribution < -0.4 is 5.73 Å². The summed E-state index contributed by atoms with van der Waals surface area (Å²) >= 11 is 3.13. The van der Waals surface area contributed by atoms with Crippen LogP contribution in [-0.4, -0.2) is 4.98 Å². The number of pyridine rings is 1. The number of aryl methyl sites for hydroxylation is 1. The molecule has 1 aromatic rings. The minimum absolute atomic E-state index is 0.191. The Balaban J connectivity index is 3.22. The second kappa shape index (κ2) is 4.00. The van der Waals surface area contributed by atoms with Crippen LogP contribution >= 0.6 is 15.9 Å². The highest BCUT2D eigenvalue weighted by molar-refractivity contribution is 9.08. The van der Waals surface area contributed by atoms with Crippen LogP contribution in [-0.2, 0) is 5.33 Å². The summed E-state index contributed by atoms with van der Waals surface area (Å²) < 4.78 is 24.7. The van der Waals surface area contributed by atoms with Gasteiger partial charge in [0.2, 0.25) is 0 Å². The second-order valence-electron chi connectivity index (χ2n) is 2.66. The van der Waals surface area contributed by atoms with E-state index in [1.165, 1.54) is 6.07 Å². The van der Waals surface area contributed by atoms with Gasteiger partial charge >= 0.3 is 0 Å². The Labute approximate surface area is 83.3 Å². The molecule has 0 radical (unpaired) electrons. The summed E-state index contributed by atoms with van der Waals surface area (Å²) in [6.45, 7) is 1.57. The van der Waals surface area contributed by atoms with Crippen molar-refractivity contribution in [1.82, 2.24) is 4.98 Å². The molecule has 0 atom stereocenters. The molecule has 2 nitrogen and oxygen atoms in total. The summed E-state index contributed by atoms with van der Waals surface area (Å²) in [5, 5.41) is 0.388. The van der Waals surface area contributed by atoms with Gasteiger partial charge in [0.25, 0.3) is 6.43 Å². The third-order valence-electron chi connectivity index (χ3n) is 1.70. The van der Waals surface area contributed by atoms with Gasteiger partial charge in [-0.05, 0) is 18.6 Å². The molecule has 0 aliphatic carbocycles. The third-order valence-corrected chi connectivity index (χ3v) is 2.23. The molecular formula is C8H9BrF2N2. The smallest absolute Gasteiger partial charge is 0.280 e. The van der Waals surface area contributed by atoms with Gasteiger partial charge in [0.1, 0.15) is 5.69 Å². The maximum Gasteiger partial charge on any atom is 0.280 e. The van der Waals surface area contributed by atoms with E-state index in [1.54, 1.807) is 6.92 Å². The van der Waals surface area contributed by atoms with Crippen LogP contribution in [0.1, 0.15) is 23.4 Å². The number of nitrogens with zero attached hydrogens (tertiary/aromatic N) is 1. The van der Waals surface area contributed by atoms with Gasteiger partial charge in [0, 0.05) is 5.33 Å². The fourth-order valence-corrected chi connectivity index (χ4v) is 1.47. The molecule has 0 fully saturated rings. The molecule has 0 aromatic carbocycles. The third kappa shape index (κ3) is 2.15. The first-order valence-corrected chi connectivity index (χ1v) is 4.78. The molecule has 1 heterocycles. The van der Waals surface area contributed by atoms with Crippen LogP contribution in [0.3, 0.4) is 0 Å². The molecule has 0 spiro atoms. The molecular weight excluding hydrogens is 242 g/mol. The van der Waals surface area contributed by atoms with Crippen molar-refractivity contribution >= 4 is 21.6 Å². The standard InChI is InChI=1S/C8H9BrF2N2/c1-4-2-5(12)6(3-9)13-7(4)8(10)11/h2,8H,3,12H2,1H3. The van der Waals surface area contributed by atoms with E-state index in [0.29, 0.717) is 22.3 Å². The number of hydrogen-bond acceptors (Lipinski definition) is 2. The van der Waals surface area contributed by atoms with E-state index in [9.17, 15) is 8.78 Å². The number of aromatic nitrogens is 1. The number of anilines is 1. The van der Waals surface area contributed by atoms with E-state index in [4.69, 9.17) is 5.73 Å². The molecule has 1 aromatic heterocycles. The van der Waals surface area contributed by atoms with Crippen molar-refractivity contribution in [1.29, 1.82) is 0 Å². The molecule has 0 bridgehead atoms. The molecule has 13 heavy (non-hydrogen) atoms. The molecule has 0 saturated carbocycles. The van der Waals surface area contributed by atoms with Gasteiger partial charge in [0.05, 0.1) is 11.4 Å². The average molecular weight is 251 g/mol. The van der Waals surface area contributed by atoms with Crippen LogP contribution in [0.15, 0.2) is 6.07 Å². The Morgan fingerprint density at radius 2 is 2.23 bits per heavy atom. The number of alkyl halides is 3. The Bertz CT molecular complexity index is 315. The van der Waals surface area contributed by atoms with Crippen LogP contribution in [0.4, 0.5) is 14.5 Å². The highest BCUT2D eigenvalue weighted by Crippen LogP contribution is 2.24. The molecule has 0 aliphatic rings. The first-order valence-electron chi connectivity index (χ1n) is 3.66. The van der Waals surface area contributed by atoms with Crippen molar-refractivity contribution in [3.05, 3.63) is 23.0 Å². The number of hydrogen-bond donors (Lipinski definition) is 1. The Hall–Kier alpha value is -0.710. The number of nitrogens with two attached hydrogens (primary N) is 1. The zero-order chi connectivity index (χ0) is 10.0. The Kier molecular flexibility index (Phi) is 3.19. The lowest BCUT2D eigenvalue weighted by Gasteiger charge is -2.08. The highest BCUT2D eigenvalue weighted by Gasteiger charge is 2.14. The van der Waals surface area contributed by atoms with Gasteiger partial charge in [-0.15, -0.1) is 0 Å². The average Bonchev–Trinajstić information content (AvgIpc) is 2.03. The molecule has 0 unspecified atom stereocenters. The summed E-state index contributed by atoms with van der Waals surface area (Å²) in [6.07, 6.45) is -2.54. The lowest BCUT2D eigenvalue weighted by molar-refractivity contribution is 0.145. The van der Waals surface area contributed by atoms with Gasteiger partial charge in [-0.3, -0.25) is 0 Å². The van der Waals surface area contributed by atoms with E-state index < -0.39 is 6.43 Å². The lowest BCUT2D eigenvalue weighted by atomic mass is 10.2. The topological polar surface area (TPSA) is 38.9 Å². The Morgan fingerprint density at radius 1 is 1.62 bits per heavy atom. The summed E-state index contributed by atoms with van der Waals surface area (Å²) in [5.74, 6) is 0.